The Morgan fingerprint density at radius 2 is 1.63 bits per heavy atom. The van der Waals surface area contributed by atoms with E-state index in [-0.39, 0.29) is 5.75 Å². The van der Waals surface area contributed by atoms with E-state index in [1.54, 1.807) is 26.4 Å². The normalized spacial score (nSPS) is 10.7. The molecule has 0 saturated heterocycles. The van der Waals surface area contributed by atoms with Crippen LogP contribution in [0.25, 0.3) is 21.6 Å². The van der Waals surface area contributed by atoms with Crippen LogP contribution >= 0.6 is 11.5 Å². The molecule has 0 aliphatic rings. The third-order valence-corrected chi connectivity index (χ3v) is 5.27. The molecule has 0 radical (unpaired) electrons. The lowest BCUT2D eigenvalue weighted by atomic mass is 9.96. The van der Waals surface area contributed by atoms with Crippen molar-refractivity contribution in [2.24, 2.45) is 0 Å². The molecule has 0 unspecified atom stereocenters. The molecule has 0 spiro atoms. The van der Waals surface area contributed by atoms with E-state index < -0.39 is 0 Å². The van der Waals surface area contributed by atoms with Gasteiger partial charge in [0.15, 0.2) is 23.0 Å². The van der Waals surface area contributed by atoms with Crippen LogP contribution in [0.4, 0.5) is 0 Å². The minimum Gasteiger partial charge on any atom is -0.504 e. The van der Waals surface area contributed by atoms with Gasteiger partial charge in [-0.1, -0.05) is 19.4 Å². The maximum Gasteiger partial charge on any atom is 0.161 e. The molecule has 142 valence electrons. The summed E-state index contributed by atoms with van der Waals surface area (Å²) in [5.41, 5.74) is 4.09. The molecule has 1 aromatic heterocycles. The summed E-state index contributed by atoms with van der Waals surface area (Å²) >= 11 is 1.43. The molecule has 2 aromatic carbocycles. The lowest BCUT2D eigenvalue weighted by molar-refractivity contribution is 0.354. The van der Waals surface area contributed by atoms with Crippen LogP contribution in [0.3, 0.4) is 0 Å². The molecule has 0 fully saturated rings. The van der Waals surface area contributed by atoms with Crippen molar-refractivity contribution >= 4 is 11.5 Å². The number of rotatable bonds is 7. The van der Waals surface area contributed by atoms with Gasteiger partial charge in [0.1, 0.15) is 0 Å². The Hall–Kier alpha value is -2.73. The van der Waals surface area contributed by atoms with E-state index in [1.807, 2.05) is 24.4 Å². The first-order chi connectivity index (χ1) is 13.1. The average Bonchev–Trinajstić information content (AvgIpc) is 3.17. The molecule has 3 rings (SSSR count). The van der Waals surface area contributed by atoms with Crippen LogP contribution < -0.4 is 14.2 Å². The first kappa shape index (κ1) is 19.0. The quantitative estimate of drug-likeness (QED) is 0.609. The van der Waals surface area contributed by atoms with Gasteiger partial charge in [-0.05, 0) is 53.3 Å². The Balaban J connectivity index is 2.16. The number of phenols is 1. The van der Waals surface area contributed by atoms with Crippen molar-refractivity contribution in [3.63, 3.8) is 0 Å². The summed E-state index contributed by atoms with van der Waals surface area (Å²) in [5, 5.41) is 10.2. The molecule has 1 N–H and O–H groups in total. The summed E-state index contributed by atoms with van der Waals surface area (Å²) in [5.74, 6) is 1.96. The first-order valence-corrected chi connectivity index (χ1v) is 9.47. The fourth-order valence-electron chi connectivity index (χ4n) is 3.11. The maximum atomic E-state index is 10.2. The molecule has 1 heterocycles. The van der Waals surface area contributed by atoms with Gasteiger partial charge < -0.3 is 19.3 Å². The number of ether oxygens (including phenoxy) is 3. The third kappa shape index (κ3) is 3.71. The summed E-state index contributed by atoms with van der Waals surface area (Å²) in [6, 6.07) is 9.42. The second-order valence-corrected chi connectivity index (χ2v) is 6.87. The highest BCUT2D eigenvalue weighted by Gasteiger charge is 2.18. The van der Waals surface area contributed by atoms with Gasteiger partial charge in [-0.15, -0.1) is 0 Å². The predicted molar refractivity (Wildman–Crippen MR) is 108 cm³/mol. The second-order valence-electron chi connectivity index (χ2n) is 6.07. The smallest absolute Gasteiger partial charge is 0.161 e. The zero-order valence-electron chi connectivity index (χ0n) is 15.9. The minimum absolute atomic E-state index is 0.105. The number of phenolic OH excluding ortho intramolecular Hbond substituents is 1. The van der Waals surface area contributed by atoms with E-state index in [0.717, 1.165) is 40.2 Å². The van der Waals surface area contributed by atoms with Crippen molar-refractivity contribution in [1.29, 1.82) is 0 Å². The number of nitrogens with zero attached hydrogens (tertiary/aromatic N) is 1. The van der Waals surface area contributed by atoms with Gasteiger partial charge in [0.2, 0.25) is 0 Å². The van der Waals surface area contributed by atoms with E-state index in [4.69, 9.17) is 14.2 Å². The van der Waals surface area contributed by atoms with E-state index >= 15 is 0 Å². The predicted octanol–water partition coefficient (Wildman–Crippen LogP) is 5.16. The Kier molecular flexibility index (Phi) is 5.86. The van der Waals surface area contributed by atoms with E-state index in [9.17, 15) is 5.11 Å². The zero-order valence-corrected chi connectivity index (χ0v) is 16.7. The van der Waals surface area contributed by atoms with Crippen molar-refractivity contribution < 1.29 is 19.3 Å². The lowest BCUT2D eigenvalue weighted by Crippen LogP contribution is -1.96. The fraction of sp³-hybridized carbons (Fsp3) is 0.286. The van der Waals surface area contributed by atoms with Crippen LogP contribution in [0.1, 0.15) is 18.9 Å². The summed E-state index contributed by atoms with van der Waals surface area (Å²) in [4.78, 5) is 1.03. The molecule has 0 aliphatic carbocycles. The lowest BCUT2D eigenvalue weighted by Gasteiger charge is -2.15. The highest BCUT2D eigenvalue weighted by atomic mass is 32.1. The molecule has 27 heavy (non-hydrogen) atoms. The van der Waals surface area contributed by atoms with Crippen molar-refractivity contribution in [3.05, 3.63) is 42.1 Å². The third-order valence-electron chi connectivity index (χ3n) is 4.43. The number of hydrogen-bond donors (Lipinski definition) is 1. The maximum absolute atomic E-state index is 10.2. The number of aromatic nitrogens is 1. The molecular formula is C21H23NO4S. The molecule has 6 heteroatoms. The van der Waals surface area contributed by atoms with Crippen LogP contribution in [-0.4, -0.2) is 30.8 Å². The van der Waals surface area contributed by atoms with Gasteiger partial charge in [0, 0.05) is 17.3 Å². The van der Waals surface area contributed by atoms with Crippen molar-refractivity contribution in [1.82, 2.24) is 4.37 Å². The van der Waals surface area contributed by atoms with Gasteiger partial charge in [-0.25, -0.2) is 0 Å². The Bertz CT molecular complexity index is 936. The van der Waals surface area contributed by atoms with Gasteiger partial charge in [0.05, 0.1) is 26.2 Å². The summed E-state index contributed by atoms with van der Waals surface area (Å²) < 4.78 is 20.5. The number of benzene rings is 2. The van der Waals surface area contributed by atoms with Crippen LogP contribution in [0, 0.1) is 0 Å². The highest BCUT2D eigenvalue weighted by molar-refractivity contribution is 7.10. The van der Waals surface area contributed by atoms with Crippen molar-refractivity contribution in [2.75, 3.05) is 21.3 Å². The molecular weight excluding hydrogens is 362 g/mol. The fourth-order valence-corrected chi connectivity index (χ4v) is 3.93. The highest BCUT2D eigenvalue weighted by Crippen LogP contribution is 2.43. The number of hydrogen-bond acceptors (Lipinski definition) is 6. The molecule has 0 bridgehead atoms. The summed E-state index contributed by atoms with van der Waals surface area (Å²) in [6.07, 6.45) is 3.76. The molecule has 3 aromatic rings. The second kappa shape index (κ2) is 8.31. The van der Waals surface area contributed by atoms with Gasteiger partial charge in [0.25, 0.3) is 0 Å². The zero-order chi connectivity index (χ0) is 19.4. The standard InChI is InChI=1S/C21H23NO4S/c1-5-6-13-10-19(25-3)20(26-4)11-15(13)21-16(12-22-27-21)14-7-8-18(24-2)17(23)9-14/h7-12,23H,5-6H2,1-4H3. The van der Waals surface area contributed by atoms with Crippen LogP contribution in [0.5, 0.6) is 23.0 Å². The topological polar surface area (TPSA) is 60.8 Å². The number of aromatic hydroxyl groups is 1. The first-order valence-electron chi connectivity index (χ1n) is 8.70. The summed E-state index contributed by atoms with van der Waals surface area (Å²) in [6.45, 7) is 2.15. The van der Waals surface area contributed by atoms with E-state index in [1.165, 1.54) is 24.2 Å². The Morgan fingerprint density at radius 3 is 2.26 bits per heavy atom. The Morgan fingerprint density at radius 1 is 0.926 bits per heavy atom. The average molecular weight is 385 g/mol. The van der Waals surface area contributed by atoms with E-state index in [0.29, 0.717) is 11.5 Å². The number of methoxy groups -OCH3 is 3. The van der Waals surface area contributed by atoms with Gasteiger partial charge >= 0.3 is 0 Å². The summed E-state index contributed by atoms with van der Waals surface area (Å²) in [7, 11) is 4.81. The molecule has 0 aliphatic heterocycles. The molecule has 5 nitrogen and oxygen atoms in total. The van der Waals surface area contributed by atoms with E-state index in [2.05, 4.69) is 11.3 Å². The van der Waals surface area contributed by atoms with Gasteiger partial charge in [-0.3, -0.25) is 0 Å². The van der Waals surface area contributed by atoms with Crippen LogP contribution in [0.15, 0.2) is 36.5 Å². The largest absolute Gasteiger partial charge is 0.504 e. The minimum atomic E-state index is 0.105. The van der Waals surface area contributed by atoms with Crippen LogP contribution in [0.2, 0.25) is 0 Å². The number of aryl methyl sites for hydroxylation is 1. The molecule has 0 amide bonds. The molecule has 0 saturated carbocycles. The monoisotopic (exact) mass is 385 g/mol. The van der Waals surface area contributed by atoms with Crippen LogP contribution in [-0.2, 0) is 6.42 Å². The molecule has 0 atom stereocenters. The van der Waals surface area contributed by atoms with Gasteiger partial charge in [-0.2, -0.15) is 4.37 Å². The Labute approximate surface area is 163 Å². The SMILES string of the molecule is CCCc1cc(OC)c(OC)cc1-c1sncc1-c1ccc(OC)c(O)c1. The van der Waals surface area contributed by atoms with Crippen molar-refractivity contribution in [2.45, 2.75) is 19.8 Å². The van der Waals surface area contributed by atoms with Crippen molar-refractivity contribution in [3.8, 4) is 44.6 Å².